The molecule has 2 nitrogen and oxygen atoms in total. The highest BCUT2D eigenvalue weighted by atomic mass is 32.1. The predicted molar refractivity (Wildman–Crippen MR) is 68.1 cm³/mol. The van der Waals surface area contributed by atoms with Gasteiger partial charge in [0.2, 0.25) is 0 Å². The van der Waals surface area contributed by atoms with Crippen molar-refractivity contribution in [3.63, 3.8) is 0 Å². The van der Waals surface area contributed by atoms with Crippen LogP contribution in [-0.2, 0) is 6.42 Å². The molecular weight excluding hydrogens is 224 g/mol. The van der Waals surface area contributed by atoms with E-state index in [4.69, 9.17) is 0 Å². The molecule has 0 N–H and O–H groups in total. The molecule has 76 valence electrons. The molecule has 0 aliphatic heterocycles. The van der Waals surface area contributed by atoms with Gasteiger partial charge in [0.15, 0.2) is 4.96 Å². The Hall–Kier alpha value is -1.00. The van der Waals surface area contributed by atoms with Crippen LogP contribution in [0.1, 0.15) is 5.56 Å². The number of imidazole rings is 1. The summed E-state index contributed by atoms with van der Waals surface area (Å²) < 4.78 is 3.43. The molecule has 0 unspecified atom stereocenters. The number of aromatic nitrogens is 2. The Morgan fingerprint density at radius 3 is 3.20 bits per heavy atom. The molecule has 4 heteroatoms. The Bertz CT molecular complexity index is 609. The van der Waals surface area contributed by atoms with Gasteiger partial charge in [-0.05, 0) is 29.9 Å². The van der Waals surface area contributed by atoms with E-state index >= 15 is 0 Å². The summed E-state index contributed by atoms with van der Waals surface area (Å²) in [5.41, 5.74) is 2.59. The van der Waals surface area contributed by atoms with Crippen LogP contribution in [0, 0.1) is 0 Å². The summed E-state index contributed by atoms with van der Waals surface area (Å²) in [6.07, 6.45) is 4.87. The van der Waals surface area contributed by atoms with Crippen LogP contribution in [0.2, 0.25) is 0 Å². The van der Waals surface area contributed by atoms with Crippen LogP contribution in [0.3, 0.4) is 0 Å². The Morgan fingerprint density at radius 2 is 2.33 bits per heavy atom. The number of hydrogen-bond acceptors (Lipinski definition) is 3. The first-order valence-corrected chi connectivity index (χ1v) is 6.29. The molecule has 0 amide bonds. The van der Waals surface area contributed by atoms with E-state index in [1.807, 2.05) is 12.4 Å². The van der Waals surface area contributed by atoms with E-state index in [2.05, 4.69) is 40.2 Å². The van der Waals surface area contributed by atoms with Gasteiger partial charge in [0.05, 0.1) is 10.2 Å². The first kappa shape index (κ1) is 9.24. The second kappa shape index (κ2) is 3.54. The van der Waals surface area contributed by atoms with E-state index in [-0.39, 0.29) is 0 Å². The quantitative estimate of drug-likeness (QED) is 0.675. The minimum Gasteiger partial charge on any atom is -0.290 e. The fraction of sp³-hybridized carbons (Fsp3) is 0.182. The van der Waals surface area contributed by atoms with E-state index in [0.717, 1.165) is 17.1 Å². The predicted octanol–water partition coefficient (Wildman–Crippen LogP) is 3.02. The number of thiazole rings is 1. The zero-order chi connectivity index (χ0) is 10.3. The monoisotopic (exact) mass is 234 g/mol. The molecule has 2 heterocycles. The lowest BCUT2D eigenvalue weighted by Gasteiger charge is -1.97. The van der Waals surface area contributed by atoms with E-state index < -0.39 is 0 Å². The Labute approximate surface area is 97.0 Å². The number of hydrogen-bond donors (Lipinski definition) is 1. The fourth-order valence-electron chi connectivity index (χ4n) is 1.77. The van der Waals surface area contributed by atoms with Gasteiger partial charge in [0, 0.05) is 12.4 Å². The maximum absolute atomic E-state index is 4.30. The molecule has 0 aliphatic carbocycles. The molecule has 0 bridgehead atoms. The lowest BCUT2D eigenvalue weighted by atomic mass is 10.2. The van der Waals surface area contributed by atoms with Crippen LogP contribution in [0.25, 0.3) is 15.2 Å². The minimum absolute atomic E-state index is 0.897. The highest BCUT2D eigenvalue weighted by Gasteiger charge is 2.05. The lowest BCUT2D eigenvalue weighted by Crippen LogP contribution is -1.85. The molecular formula is C11H10N2S2. The summed E-state index contributed by atoms with van der Waals surface area (Å²) in [4.78, 5) is 5.36. The maximum Gasteiger partial charge on any atom is 0.194 e. The first-order chi connectivity index (χ1) is 7.38. The van der Waals surface area contributed by atoms with E-state index in [0.29, 0.717) is 0 Å². The van der Waals surface area contributed by atoms with Crippen molar-refractivity contribution >= 4 is 39.1 Å². The molecule has 0 radical (unpaired) electrons. The van der Waals surface area contributed by atoms with E-state index in [1.54, 1.807) is 11.3 Å². The highest BCUT2D eigenvalue weighted by Crippen LogP contribution is 2.26. The molecule has 0 spiro atoms. The minimum atomic E-state index is 0.897. The van der Waals surface area contributed by atoms with Crippen molar-refractivity contribution in [3.8, 4) is 0 Å². The van der Waals surface area contributed by atoms with Crippen molar-refractivity contribution in [2.45, 2.75) is 6.42 Å². The number of fused-ring (bicyclic) bond motifs is 3. The number of aryl methyl sites for hydroxylation is 1. The summed E-state index contributed by atoms with van der Waals surface area (Å²) in [5.74, 6) is 0.897. The second-order valence-corrected chi connectivity index (χ2v) is 4.91. The van der Waals surface area contributed by atoms with Crippen LogP contribution in [-0.4, -0.2) is 15.1 Å². The van der Waals surface area contributed by atoms with Gasteiger partial charge < -0.3 is 0 Å². The number of benzene rings is 1. The van der Waals surface area contributed by atoms with Gasteiger partial charge in [-0.2, -0.15) is 12.6 Å². The first-order valence-electron chi connectivity index (χ1n) is 4.84. The van der Waals surface area contributed by atoms with Crippen molar-refractivity contribution in [1.29, 1.82) is 0 Å². The number of rotatable bonds is 2. The van der Waals surface area contributed by atoms with Crippen LogP contribution >= 0.6 is 24.0 Å². The van der Waals surface area contributed by atoms with Gasteiger partial charge in [-0.3, -0.25) is 4.40 Å². The third kappa shape index (κ3) is 1.44. The number of nitrogens with zero attached hydrogens (tertiary/aromatic N) is 2. The molecule has 0 saturated carbocycles. The average Bonchev–Trinajstić information content (AvgIpc) is 2.77. The molecule has 0 saturated heterocycles. The van der Waals surface area contributed by atoms with Crippen molar-refractivity contribution in [2.24, 2.45) is 0 Å². The molecule has 0 aliphatic rings. The zero-order valence-electron chi connectivity index (χ0n) is 8.05. The van der Waals surface area contributed by atoms with Gasteiger partial charge >= 0.3 is 0 Å². The van der Waals surface area contributed by atoms with Crippen LogP contribution in [0.4, 0.5) is 0 Å². The normalized spacial score (nSPS) is 11.5. The largest absolute Gasteiger partial charge is 0.290 e. The summed E-state index contributed by atoms with van der Waals surface area (Å²) >= 11 is 5.99. The fourth-order valence-corrected chi connectivity index (χ4v) is 3.08. The molecule has 1 aromatic carbocycles. The van der Waals surface area contributed by atoms with Crippen molar-refractivity contribution in [1.82, 2.24) is 9.38 Å². The standard InChI is InChI=1S/C11H10N2S2/c14-6-3-8-1-2-9-10(7-8)15-11-12-4-5-13(9)11/h1-2,4-5,7,14H,3,6H2. The van der Waals surface area contributed by atoms with E-state index in [9.17, 15) is 0 Å². The Morgan fingerprint density at radius 1 is 1.40 bits per heavy atom. The smallest absolute Gasteiger partial charge is 0.194 e. The van der Waals surface area contributed by atoms with Crippen LogP contribution < -0.4 is 0 Å². The highest BCUT2D eigenvalue weighted by molar-refractivity contribution is 7.80. The van der Waals surface area contributed by atoms with Gasteiger partial charge in [-0.1, -0.05) is 17.4 Å². The van der Waals surface area contributed by atoms with Gasteiger partial charge in [0.1, 0.15) is 0 Å². The third-order valence-electron chi connectivity index (χ3n) is 2.49. The van der Waals surface area contributed by atoms with Gasteiger partial charge in [0.25, 0.3) is 0 Å². The molecule has 15 heavy (non-hydrogen) atoms. The maximum atomic E-state index is 4.30. The van der Waals surface area contributed by atoms with Crippen LogP contribution in [0.5, 0.6) is 0 Å². The lowest BCUT2D eigenvalue weighted by molar-refractivity contribution is 1.17. The van der Waals surface area contributed by atoms with Crippen molar-refractivity contribution in [3.05, 3.63) is 36.2 Å². The Kier molecular flexibility index (Phi) is 2.18. The summed E-state index contributed by atoms with van der Waals surface area (Å²) in [6.45, 7) is 0. The molecule has 2 aromatic heterocycles. The molecule has 3 aromatic rings. The second-order valence-electron chi connectivity index (χ2n) is 3.46. The zero-order valence-corrected chi connectivity index (χ0v) is 9.76. The molecule has 0 fully saturated rings. The van der Waals surface area contributed by atoms with Crippen molar-refractivity contribution < 1.29 is 0 Å². The van der Waals surface area contributed by atoms with Gasteiger partial charge in [-0.15, -0.1) is 0 Å². The summed E-state index contributed by atoms with van der Waals surface area (Å²) in [6, 6.07) is 6.58. The van der Waals surface area contributed by atoms with Crippen molar-refractivity contribution in [2.75, 3.05) is 5.75 Å². The number of thiol groups is 1. The third-order valence-corrected chi connectivity index (χ3v) is 3.75. The summed E-state index contributed by atoms with van der Waals surface area (Å²) in [5, 5.41) is 0. The Balaban J connectivity index is 2.26. The topological polar surface area (TPSA) is 17.3 Å². The molecule has 3 rings (SSSR count). The van der Waals surface area contributed by atoms with E-state index in [1.165, 1.54) is 15.8 Å². The van der Waals surface area contributed by atoms with Gasteiger partial charge in [-0.25, -0.2) is 4.98 Å². The summed E-state index contributed by atoms with van der Waals surface area (Å²) in [7, 11) is 0. The average molecular weight is 234 g/mol. The van der Waals surface area contributed by atoms with Crippen LogP contribution in [0.15, 0.2) is 30.6 Å². The SMILES string of the molecule is SCCc1ccc2c(c1)sc1nccn12. The molecule has 0 atom stereocenters.